The molecular formula is C38H47F3O5. The van der Waals surface area contributed by atoms with Gasteiger partial charge < -0.3 is 14.2 Å². The van der Waals surface area contributed by atoms with Gasteiger partial charge >= 0.3 is 18.3 Å². The van der Waals surface area contributed by atoms with Gasteiger partial charge in [-0.15, -0.1) is 0 Å². The van der Waals surface area contributed by atoms with Crippen LogP contribution in [0.5, 0.6) is 5.75 Å². The smallest absolute Gasteiger partial charge is 0.494 e. The molecule has 0 saturated heterocycles. The van der Waals surface area contributed by atoms with E-state index in [0.29, 0.717) is 18.6 Å². The molecule has 3 rings (SSSR count). The van der Waals surface area contributed by atoms with Crippen molar-refractivity contribution in [2.24, 2.45) is 0 Å². The summed E-state index contributed by atoms with van der Waals surface area (Å²) in [6, 6.07) is 21.8. The molecule has 46 heavy (non-hydrogen) atoms. The molecule has 0 N–H and O–H groups in total. The molecule has 8 heteroatoms. The molecule has 5 nitrogen and oxygen atoms in total. The van der Waals surface area contributed by atoms with Gasteiger partial charge in [0.25, 0.3) is 0 Å². The highest BCUT2D eigenvalue weighted by molar-refractivity contribution is 5.98. The molecule has 1 atom stereocenters. The third-order valence-corrected chi connectivity index (χ3v) is 7.87. The molecule has 0 aliphatic heterocycles. The number of unbranched alkanes of at least 4 members (excludes halogenated alkanes) is 10. The Morgan fingerprint density at radius 1 is 0.674 bits per heavy atom. The fourth-order valence-electron chi connectivity index (χ4n) is 5.26. The molecule has 0 heterocycles. The lowest BCUT2D eigenvalue weighted by Crippen LogP contribution is -2.34. The van der Waals surface area contributed by atoms with Crippen molar-refractivity contribution in [3.05, 3.63) is 78.4 Å². The molecule has 0 bridgehead atoms. The maximum absolute atomic E-state index is 13.5. The lowest BCUT2D eigenvalue weighted by atomic mass is 9.93. The second-order valence-electron chi connectivity index (χ2n) is 11.6. The minimum absolute atomic E-state index is 0.0120. The van der Waals surface area contributed by atoms with Crippen molar-refractivity contribution in [3.63, 3.8) is 0 Å². The van der Waals surface area contributed by atoms with Gasteiger partial charge in [0.15, 0.2) is 0 Å². The molecule has 3 aromatic rings. The Morgan fingerprint density at radius 2 is 1.26 bits per heavy atom. The van der Waals surface area contributed by atoms with Crippen molar-refractivity contribution in [1.29, 1.82) is 0 Å². The van der Waals surface area contributed by atoms with Crippen LogP contribution in [-0.4, -0.2) is 31.0 Å². The summed E-state index contributed by atoms with van der Waals surface area (Å²) >= 11 is 0. The van der Waals surface area contributed by atoms with E-state index in [1.807, 2.05) is 54.6 Å². The number of hydrogen-bond acceptors (Lipinski definition) is 5. The largest absolute Gasteiger partial charge is 0.517 e. The highest BCUT2D eigenvalue weighted by Gasteiger charge is 2.43. The minimum Gasteiger partial charge on any atom is -0.494 e. The van der Waals surface area contributed by atoms with Crippen molar-refractivity contribution in [3.8, 4) is 28.0 Å². The van der Waals surface area contributed by atoms with Crippen LogP contribution >= 0.6 is 0 Å². The van der Waals surface area contributed by atoms with E-state index in [1.54, 1.807) is 12.1 Å². The van der Waals surface area contributed by atoms with E-state index >= 15 is 0 Å². The average molecular weight is 641 g/mol. The number of benzene rings is 3. The number of alkyl halides is 3. The summed E-state index contributed by atoms with van der Waals surface area (Å²) < 4.78 is 55.9. The number of ether oxygens (including phenoxy) is 3. The third-order valence-electron chi connectivity index (χ3n) is 7.87. The van der Waals surface area contributed by atoms with Crippen molar-refractivity contribution in [1.82, 2.24) is 0 Å². The topological polar surface area (TPSA) is 61.8 Å². The van der Waals surface area contributed by atoms with Crippen LogP contribution in [0.1, 0.15) is 108 Å². The normalized spacial score (nSPS) is 12.0. The van der Waals surface area contributed by atoms with Crippen LogP contribution in [0, 0.1) is 0 Å². The number of rotatable bonds is 19. The van der Waals surface area contributed by atoms with Gasteiger partial charge in [0.1, 0.15) is 5.75 Å². The summed E-state index contributed by atoms with van der Waals surface area (Å²) in [4.78, 5) is 25.2. The zero-order chi connectivity index (χ0) is 33.2. The van der Waals surface area contributed by atoms with Gasteiger partial charge in [-0.05, 0) is 65.8 Å². The molecular weight excluding hydrogens is 593 g/mol. The summed E-state index contributed by atoms with van der Waals surface area (Å²) in [5.41, 5.74) is 3.23. The maximum Gasteiger partial charge on any atom is 0.517 e. The predicted molar refractivity (Wildman–Crippen MR) is 176 cm³/mol. The maximum atomic E-state index is 13.5. The van der Waals surface area contributed by atoms with E-state index in [4.69, 9.17) is 9.47 Å². The monoisotopic (exact) mass is 640 g/mol. The highest BCUT2D eigenvalue weighted by atomic mass is 19.4. The third kappa shape index (κ3) is 12.5. The molecule has 0 amide bonds. The fourth-order valence-corrected chi connectivity index (χ4v) is 5.26. The first kappa shape index (κ1) is 36.7. The lowest BCUT2D eigenvalue weighted by Gasteiger charge is -2.20. The first-order chi connectivity index (χ1) is 22.2. The molecule has 0 spiro atoms. The van der Waals surface area contributed by atoms with E-state index in [1.165, 1.54) is 31.7 Å². The van der Waals surface area contributed by atoms with Gasteiger partial charge in [0.2, 0.25) is 6.10 Å². The van der Waals surface area contributed by atoms with Crippen molar-refractivity contribution < 1.29 is 37.0 Å². The number of carbonyl (C=O) groups is 2. The van der Waals surface area contributed by atoms with E-state index in [0.717, 1.165) is 61.0 Å². The number of esters is 1. The first-order valence-electron chi connectivity index (χ1n) is 16.6. The molecule has 0 aliphatic carbocycles. The van der Waals surface area contributed by atoms with Crippen LogP contribution < -0.4 is 4.74 Å². The molecule has 0 radical (unpaired) electrons. The van der Waals surface area contributed by atoms with E-state index in [2.05, 4.69) is 18.6 Å². The Bertz CT molecular complexity index is 1320. The van der Waals surface area contributed by atoms with Crippen LogP contribution in [0.3, 0.4) is 0 Å². The molecule has 3 aromatic carbocycles. The molecule has 0 saturated carbocycles. The Balaban J connectivity index is 1.67. The molecule has 0 aromatic heterocycles. The van der Waals surface area contributed by atoms with E-state index < -0.39 is 24.4 Å². The van der Waals surface area contributed by atoms with Crippen LogP contribution in [-0.2, 0) is 9.47 Å². The second kappa shape index (κ2) is 19.6. The summed E-state index contributed by atoms with van der Waals surface area (Å²) in [6.45, 7) is 4.92. The number of hydrogen-bond donors (Lipinski definition) is 0. The number of carbonyl (C=O) groups excluding carboxylic acids is 2. The Morgan fingerprint density at radius 3 is 1.89 bits per heavy atom. The zero-order valence-electron chi connectivity index (χ0n) is 27.1. The molecule has 1 unspecified atom stereocenters. The Labute approximate surface area is 271 Å². The van der Waals surface area contributed by atoms with Gasteiger partial charge in [0, 0.05) is 0 Å². The second-order valence-corrected chi connectivity index (χ2v) is 11.6. The van der Waals surface area contributed by atoms with Crippen LogP contribution in [0.15, 0.2) is 72.8 Å². The Hall–Kier alpha value is -3.81. The van der Waals surface area contributed by atoms with Gasteiger partial charge in [-0.25, -0.2) is 9.59 Å². The van der Waals surface area contributed by atoms with Gasteiger partial charge in [-0.3, -0.25) is 0 Å². The quantitative estimate of drug-likeness (QED) is 0.0741. The minimum atomic E-state index is -4.76. The van der Waals surface area contributed by atoms with E-state index in [-0.39, 0.29) is 18.4 Å². The van der Waals surface area contributed by atoms with Crippen LogP contribution in [0.25, 0.3) is 22.3 Å². The summed E-state index contributed by atoms with van der Waals surface area (Å²) in [5, 5.41) is 0. The molecule has 0 aliphatic rings. The van der Waals surface area contributed by atoms with Gasteiger partial charge in [0.05, 0.1) is 12.2 Å². The first-order valence-corrected chi connectivity index (χ1v) is 16.6. The van der Waals surface area contributed by atoms with Crippen LogP contribution in [0.2, 0.25) is 0 Å². The summed E-state index contributed by atoms with van der Waals surface area (Å²) in [5.74, 6) is -0.321. The van der Waals surface area contributed by atoms with Gasteiger partial charge in [-0.1, -0.05) is 127 Å². The van der Waals surface area contributed by atoms with Crippen LogP contribution in [0.4, 0.5) is 18.0 Å². The standard InChI is InChI=1S/C38H47F3O5/c1-3-5-7-9-11-16-20-35(38(39,40)41)45-37(43)46-36(42)31-23-26-33(34(28-31)29-18-14-13-15-19-29)30-21-24-32(25-22-30)44-27-17-12-10-8-6-4-2/h13-15,18-19,21-26,28,35H,3-12,16-17,20,27H2,1-2H3. The highest BCUT2D eigenvalue weighted by Crippen LogP contribution is 2.34. The fraction of sp³-hybridized carbons (Fsp3) is 0.474. The summed E-state index contributed by atoms with van der Waals surface area (Å²) in [7, 11) is 0. The zero-order valence-corrected chi connectivity index (χ0v) is 27.1. The SMILES string of the molecule is CCCCCCCCOc1ccc(-c2ccc(C(=O)OC(=O)OC(CCCCCCCC)C(F)(F)F)cc2-c2ccccc2)cc1. The lowest BCUT2D eigenvalue weighted by molar-refractivity contribution is -0.209. The van der Waals surface area contributed by atoms with Crippen molar-refractivity contribution >= 4 is 12.1 Å². The Kier molecular flexibility index (Phi) is 15.7. The van der Waals surface area contributed by atoms with Crippen molar-refractivity contribution in [2.45, 2.75) is 110 Å². The average Bonchev–Trinajstić information content (AvgIpc) is 3.05. The van der Waals surface area contributed by atoms with Gasteiger partial charge in [-0.2, -0.15) is 13.2 Å². The molecule has 250 valence electrons. The summed E-state index contributed by atoms with van der Waals surface area (Å²) in [6.07, 6.45) is 2.67. The molecule has 0 fully saturated rings. The predicted octanol–water partition coefficient (Wildman–Crippen LogP) is 11.7. The van der Waals surface area contributed by atoms with Crippen molar-refractivity contribution in [2.75, 3.05) is 6.61 Å². The number of halogens is 3. The van der Waals surface area contributed by atoms with E-state index in [9.17, 15) is 22.8 Å².